The van der Waals surface area contributed by atoms with E-state index >= 15 is 0 Å². The van der Waals surface area contributed by atoms with Gasteiger partial charge in [-0.25, -0.2) is 9.78 Å². The van der Waals surface area contributed by atoms with E-state index < -0.39 is 23.8 Å². The SMILES string of the molecule is CC1C(c2ccccc2)SC(=N)N1C.Cn1c(=O)c2c(ncn2CC(=O)[O-])n(C)c1=O. The minimum atomic E-state index is -1.33. The monoisotopic (exact) mass is 443 g/mol. The van der Waals surface area contributed by atoms with Crippen LogP contribution in [0.1, 0.15) is 17.7 Å². The molecule has 1 aliphatic heterocycles. The Hall–Kier alpha value is -3.34. The molecular weight excluding hydrogens is 420 g/mol. The van der Waals surface area contributed by atoms with E-state index in [9.17, 15) is 19.5 Å². The molecule has 1 fully saturated rings. The van der Waals surface area contributed by atoms with Gasteiger partial charge in [-0.2, -0.15) is 0 Å². The first-order chi connectivity index (χ1) is 14.6. The zero-order chi connectivity index (χ0) is 22.9. The summed E-state index contributed by atoms with van der Waals surface area (Å²) < 4.78 is 3.23. The molecule has 1 saturated heterocycles. The molecule has 1 N–H and O–H groups in total. The number of nitrogens with one attached hydrogen (secondary N) is 1. The highest BCUT2D eigenvalue weighted by Crippen LogP contribution is 2.41. The van der Waals surface area contributed by atoms with Crippen molar-refractivity contribution in [2.24, 2.45) is 14.1 Å². The van der Waals surface area contributed by atoms with Gasteiger partial charge in [0.05, 0.1) is 24.1 Å². The van der Waals surface area contributed by atoms with Crippen LogP contribution in [0.3, 0.4) is 0 Å². The highest BCUT2D eigenvalue weighted by molar-refractivity contribution is 8.14. The third kappa shape index (κ3) is 4.26. The first kappa shape index (κ1) is 22.3. The topological polar surface area (TPSA) is 129 Å². The predicted molar refractivity (Wildman–Crippen MR) is 117 cm³/mol. The summed E-state index contributed by atoms with van der Waals surface area (Å²) in [6, 6.07) is 10.8. The Morgan fingerprint density at radius 1 is 1.16 bits per heavy atom. The molecule has 0 radical (unpaired) electrons. The standard InChI is InChI=1S/C11H14N2S.C9H10N4O4/c1-8-10(14-11(12)13(8)2)9-6-4-3-5-7-9;1-11-7-6(8(16)12(2)9(11)17)13(4-10-7)3-5(14)15/h3-8,10,12H,1-2H3;4H,3H2,1-2H3,(H,14,15)/p-1. The number of rotatable bonds is 3. The van der Waals surface area contributed by atoms with Crippen molar-refractivity contribution in [3.8, 4) is 0 Å². The lowest BCUT2D eigenvalue weighted by Crippen LogP contribution is -2.38. The van der Waals surface area contributed by atoms with Crippen molar-refractivity contribution in [2.45, 2.75) is 24.8 Å². The molecule has 2 aromatic heterocycles. The summed E-state index contributed by atoms with van der Waals surface area (Å²) in [7, 11) is 4.77. The Morgan fingerprint density at radius 3 is 2.35 bits per heavy atom. The van der Waals surface area contributed by atoms with Crippen LogP contribution in [0.5, 0.6) is 0 Å². The molecule has 10 nitrogen and oxygen atoms in total. The number of aliphatic carboxylic acids is 1. The number of fused-ring (bicyclic) bond motifs is 1. The molecule has 3 aromatic rings. The number of likely N-dealkylation sites (N-methyl/N-ethyl adjacent to an activating group) is 1. The molecule has 31 heavy (non-hydrogen) atoms. The van der Waals surface area contributed by atoms with Crippen molar-refractivity contribution >= 4 is 34.1 Å². The van der Waals surface area contributed by atoms with Crippen LogP contribution in [-0.4, -0.2) is 47.8 Å². The second-order valence-electron chi connectivity index (χ2n) is 7.23. The van der Waals surface area contributed by atoms with Gasteiger partial charge in [-0.3, -0.25) is 19.3 Å². The Morgan fingerprint density at radius 2 is 1.81 bits per heavy atom. The van der Waals surface area contributed by atoms with Crippen LogP contribution >= 0.6 is 11.8 Å². The predicted octanol–water partition coefficient (Wildman–Crippen LogP) is -0.0868. The molecule has 4 rings (SSSR count). The summed E-state index contributed by atoms with van der Waals surface area (Å²) in [5.41, 5.74) is 0.445. The van der Waals surface area contributed by atoms with Crippen molar-refractivity contribution in [3.63, 3.8) is 0 Å². The molecule has 1 aromatic carbocycles. The van der Waals surface area contributed by atoms with E-state index in [0.717, 1.165) is 9.13 Å². The zero-order valence-corrected chi connectivity index (χ0v) is 18.4. The summed E-state index contributed by atoms with van der Waals surface area (Å²) in [6.45, 7) is 1.69. The van der Waals surface area contributed by atoms with E-state index in [1.807, 2.05) is 18.0 Å². The van der Waals surface area contributed by atoms with Gasteiger partial charge in [0.25, 0.3) is 5.56 Å². The lowest BCUT2D eigenvalue weighted by molar-refractivity contribution is -0.306. The van der Waals surface area contributed by atoms with Crippen LogP contribution in [-0.2, 0) is 25.4 Å². The fraction of sp³-hybridized carbons (Fsp3) is 0.350. The smallest absolute Gasteiger partial charge is 0.332 e. The third-order valence-electron chi connectivity index (χ3n) is 5.25. The lowest BCUT2D eigenvalue weighted by Gasteiger charge is -2.19. The van der Waals surface area contributed by atoms with Crippen LogP contribution in [0.2, 0.25) is 0 Å². The van der Waals surface area contributed by atoms with Gasteiger partial charge < -0.3 is 19.4 Å². The number of carboxylic acid groups (broad SMARTS) is 1. The van der Waals surface area contributed by atoms with Crippen LogP contribution in [0.25, 0.3) is 11.2 Å². The zero-order valence-electron chi connectivity index (χ0n) is 17.6. The molecule has 0 saturated carbocycles. The van der Waals surface area contributed by atoms with Crippen molar-refractivity contribution in [1.82, 2.24) is 23.6 Å². The van der Waals surface area contributed by atoms with E-state index in [0.29, 0.717) is 16.5 Å². The average molecular weight is 444 g/mol. The van der Waals surface area contributed by atoms with E-state index in [4.69, 9.17) is 5.41 Å². The molecule has 0 bridgehead atoms. The Bertz CT molecular complexity index is 1250. The number of carboxylic acids is 1. The summed E-state index contributed by atoms with van der Waals surface area (Å²) in [6.07, 6.45) is 1.20. The Kier molecular flexibility index (Phi) is 6.34. The Labute approximate surface area is 182 Å². The number of imidazole rings is 1. The van der Waals surface area contributed by atoms with Crippen molar-refractivity contribution in [3.05, 3.63) is 63.1 Å². The van der Waals surface area contributed by atoms with Crippen LogP contribution < -0.4 is 16.4 Å². The van der Waals surface area contributed by atoms with E-state index in [1.54, 1.807) is 11.8 Å². The molecule has 0 amide bonds. The molecular formula is C20H23N6O4S-. The maximum atomic E-state index is 11.8. The first-order valence-corrected chi connectivity index (χ1v) is 10.3. The largest absolute Gasteiger partial charge is 0.548 e. The lowest BCUT2D eigenvalue weighted by atomic mass is 10.1. The molecule has 1 aliphatic rings. The summed E-state index contributed by atoms with van der Waals surface area (Å²) in [5.74, 6) is -1.33. The maximum absolute atomic E-state index is 11.8. The quantitative estimate of drug-likeness (QED) is 0.599. The van der Waals surface area contributed by atoms with Gasteiger partial charge in [-0.1, -0.05) is 42.1 Å². The van der Waals surface area contributed by atoms with Crippen LogP contribution in [0.4, 0.5) is 0 Å². The fourth-order valence-electron chi connectivity index (χ4n) is 3.34. The van der Waals surface area contributed by atoms with Gasteiger partial charge in [-0.05, 0) is 12.5 Å². The molecule has 2 atom stereocenters. The number of aromatic nitrogens is 4. The van der Waals surface area contributed by atoms with E-state index in [2.05, 4.69) is 36.2 Å². The number of hydrogen-bond donors (Lipinski definition) is 1. The number of benzene rings is 1. The number of carbonyl (C=O) groups is 1. The van der Waals surface area contributed by atoms with Crippen molar-refractivity contribution in [2.75, 3.05) is 7.05 Å². The summed E-state index contributed by atoms with van der Waals surface area (Å²) >= 11 is 1.64. The van der Waals surface area contributed by atoms with Gasteiger partial charge in [0.2, 0.25) is 0 Å². The number of carbonyl (C=O) groups excluding carboxylic acids is 1. The van der Waals surface area contributed by atoms with E-state index in [-0.39, 0.29) is 11.2 Å². The Balaban J connectivity index is 0.000000179. The first-order valence-electron chi connectivity index (χ1n) is 9.47. The third-order valence-corrected chi connectivity index (χ3v) is 6.68. The van der Waals surface area contributed by atoms with Crippen LogP contribution in [0.15, 0.2) is 46.2 Å². The molecule has 3 heterocycles. The second kappa shape index (κ2) is 8.80. The minimum absolute atomic E-state index is 0.0683. The molecule has 0 spiro atoms. The summed E-state index contributed by atoms with van der Waals surface area (Å²) in [4.78, 5) is 39.8. The van der Waals surface area contributed by atoms with Gasteiger partial charge in [0.15, 0.2) is 16.3 Å². The number of amidine groups is 1. The summed E-state index contributed by atoms with van der Waals surface area (Å²) in [5, 5.41) is 19.4. The van der Waals surface area contributed by atoms with E-state index in [1.165, 1.54) is 30.6 Å². The number of nitrogens with zero attached hydrogens (tertiary/aromatic N) is 5. The molecule has 11 heteroatoms. The average Bonchev–Trinajstić information content (AvgIpc) is 3.27. The second-order valence-corrected chi connectivity index (χ2v) is 8.36. The highest BCUT2D eigenvalue weighted by atomic mass is 32.2. The number of hydrogen-bond acceptors (Lipinski definition) is 7. The minimum Gasteiger partial charge on any atom is -0.548 e. The highest BCUT2D eigenvalue weighted by Gasteiger charge is 2.33. The van der Waals surface area contributed by atoms with Gasteiger partial charge in [0.1, 0.15) is 0 Å². The normalized spacial score (nSPS) is 18.2. The molecule has 2 unspecified atom stereocenters. The van der Waals surface area contributed by atoms with Gasteiger partial charge >= 0.3 is 5.69 Å². The van der Waals surface area contributed by atoms with Gasteiger partial charge in [-0.15, -0.1) is 0 Å². The van der Waals surface area contributed by atoms with Crippen LogP contribution in [0, 0.1) is 5.41 Å². The van der Waals surface area contributed by atoms with Gasteiger partial charge in [0, 0.05) is 27.2 Å². The molecule has 164 valence electrons. The molecule has 0 aliphatic carbocycles. The fourth-order valence-corrected chi connectivity index (χ4v) is 4.58. The maximum Gasteiger partial charge on any atom is 0.332 e. The van der Waals surface area contributed by atoms with Crippen molar-refractivity contribution < 1.29 is 9.90 Å². The number of aryl methyl sites for hydroxylation is 1. The van der Waals surface area contributed by atoms with Crippen molar-refractivity contribution in [1.29, 1.82) is 5.41 Å². The number of thioether (sulfide) groups is 1.